The zero-order valence-corrected chi connectivity index (χ0v) is 19.1. The number of nitrogens with zero attached hydrogens (tertiary/aromatic N) is 2. The smallest absolute Gasteiger partial charge is 0.279 e. The Labute approximate surface area is 188 Å². The van der Waals surface area contributed by atoms with Crippen LogP contribution in [0.2, 0.25) is 0 Å². The molecule has 0 saturated carbocycles. The molecule has 2 amide bonds. The number of ether oxygens (including phenoxy) is 1. The van der Waals surface area contributed by atoms with Gasteiger partial charge in [-0.3, -0.25) is 20.4 Å². The van der Waals surface area contributed by atoms with Gasteiger partial charge in [0.2, 0.25) is 10.0 Å². The lowest BCUT2D eigenvalue weighted by Gasteiger charge is -2.23. The van der Waals surface area contributed by atoms with Gasteiger partial charge in [0.15, 0.2) is 6.10 Å². The lowest BCUT2D eigenvalue weighted by Crippen LogP contribution is -2.52. The van der Waals surface area contributed by atoms with Gasteiger partial charge < -0.3 is 4.74 Å². The van der Waals surface area contributed by atoms with Crippen LogP contribution in [-0.2, 0) is 19.6 Å². The van der Waals surface area contributed by atoms with Crippen LogP contribution in [0, 0.1) is 24.2 Å². The molecule has 0 radical (unpaired) electrons. The van der Waals surface area contributed by atoms with Crippen molar-refractivity contribution >= 4 is 21.8 Å². The molecule has 0 aromatic heterocycles. The van der Waals surface area contributed by atoms with Gasteiger partial charge in [-0.25, -0.2) is 8.42 Å². The van der Waals surface area contributed by atoms with E-state index in [9.17, 15) is 23.3 Å². The molecular weight excluding hydrogens is 432 g/mol. The first-order chi connectivity index (χ1) is 15.1. The van der Waals surface area contributed by atoms with Gasteiger partial charge in [0, 0.05) is 7.05 Å². The summed E-state index contributed by atoms with van der Waals surface area (Å²) < 4.78 is 31.8. The van der Waals surface area contributed by atoms with E-state index in [1.165, 1.54) is 19.2 Å². The predicted octanol–water partition coefficient (Wildman–Crippen LogP) is 1.74. The number of nitrogens with one attached hydrogen (secondary N) is 2. The molecular formula is C22H26N4O5S. The Bertz CT molecular complexity index is 1110. The molecule has 0 aliphatic rings. The number of amides is 2. The minimum Gasteiger partial charge on any atom is -0.479 e. The zero-order valence-electron chi connectivity index (χ0n) is 18.3. The second kappa shape index (κ2) is 10.7. The van der Waals surface area contributed by atoms with Crippen molar-refractivity contribution in [1.29, 1.82) is 5.26 Å². The number of carbonyl (C=O) groups excluding carboxylic acids is 2. The summed E-state index contributed by atoms with van der Waals surface area (Å²) >= 11 is 0. The summed E-state index contributed by atoms with van der Waals surface area (Å²) in [6, 6.07) is 14.7. The van der Waals surface area contributed by atoms with Crippen LogP contribution in [0.3, 0.4) is 0 Å². The van der Waals surface area contributed by atoms with E-state index in [0.717, 1.165) is 9.87 Å². The topological polar surface area (TPSA) is 129 Å². The average molecular weight is 459 g/mol. The molecule has 0 aliphatic heterocycles. The van der Waals surface area contributed by atoms with Gasteiger partial charge in [-0.1, -0.05) is 43.7 Å². The summed E-state index contributed by atoms with van der Waals surface area (Å²) in [6.07, 6.45) is -0.987. The van der Waals surface area contributed by atoms with Crippen molar-refractivity contribution in [3.05, 3.63) is 59.7 Å². The number of rotatable bonds is 8. The van der Waals surface area contributed by atoms with Crippen molar-refractivity contribution in [3.8, 4) is 11.8 Å². The number of para-hydroxylation sites is 1. The predicted molar refractivity (Wildman–Crippen MR) is 118 cm³/mol. The van der Waals surface area contributed by atoms with E-state index in [4.69, 9.17) is 4.74 Å². The lowest BCUT2D eigenvalue weighted by molar-refractivity contribution is -0.134. The molecule has 32 heavy (non-hydrogen) atoms. The molecule has 9 nitrogen and oxygen atoms in total. The van der Waals surface area contributed by atoms with Crippen LogP contribution in [0.4, 0.5) is 0 Å². The Balaban J connectivity index is 1.98. The number of carbonyl (C=O) groups is 2. The average Bonchev–Trinajstić information content (AvgIpc) is 2.76. The van der Waals surface area contributed by atoms with Crippen LogP contribution in [0.5, 0.6) is 5.75 Å². The van der Waals surface area contributed by atoms with Gasteiger partial charge in [0.25, 0.3) is 11.8 Å². The molecule has 2 aromatic carbocycles. The monoisotopic (exact) mass is 458 g/mol. The van der Waals surface area contributed by atoms with Crippen molar-refractivity contribution in [2.75, 3.05) is 13.6 Å². The lowest BCUT2D eigenvalue weighted by atomic mass is 10.1. The van der Waals surface area contributed by atoms with Gasteiger partial charge in [0.1, 0.15) is 11.8 Å². The maximum absolute atomic E-state index is 12.6. The molecule has 1 unspecified atom stereocenters. The normalized spacial score (nSPS) is 12.2. The highest BCUT2D eigenvalue weighted by Crippen LogP contribution is 2.20. The molecule has 0 saturated heterocycles. The first kappa shape index (κ1) is 24.8. The zero-order chi connectivity index (χ0) is 23.9. The van der Waals surface area contributed by atoms with Crippen molar-refractivity contribution in [1.82, 2.24) is 15.2 Å². The van der Waals surface area contributed by atoms with Crippen molar-refractivity contribution in [2.24, 2.45) is 5.92 Å². The fraction of sp³-hybridized carbons (Fsp3) is 0.318. The van der Waals surface area contributed by atoms with Crippen molar-refractivity contribution < 1.29 is 22.7 Å². The van der Waals surface area contributed by atoms with E-state index in [1.807, 2.05) is 13.0 Å². The molecule has 2 aromatic rings. The van der Waals surface area contributed by atoms with Gasteiger partial charge in [-0.05, 0) is 37.1 Å². The van der Waals surface area contributed by atoms with Gasteiger partial charge >= 0.3 is 0 Å². The molecule has 2 rings (SSSR count). The second-order valence-corrected chi connectivity index (χ2v) is 9.55. The highest BCUT2D eigenvalue weighted by Gasteiger charge is 2.27. The third-order valence-electron chi connectivity index (χ3n) is 4.55. The Morgan fingerprint density at radius 2 is 1.72 bits per heavy atom. The molecule has 170 valence electrons. The Hall–Kier alpha value is -3.42. The maximum atomic E-state index is 12.6. The highest BCUT2D eigenvalue weighted by molar-refractivity contribution is 7.89. The fourth-order valence-electron chi connectivity index (χ4n) is 2.71. The number of likely N-dealkylation sites (N-methyl/N-ethyl adjacent to an activating group) is 1. The number of hydrogen-bond donors (Lipinski definition) is 2. The van der Waals surface area contributed by atoms with E-state index in [0.29, 0.717) is 0 Å². The van der Waals surface area contributed by atoms with Crippen LogP contribution >= 0.6 is 0 Å². The standard InChI is InChI=1S/C22H26N4O5S/c1-15(2)21(31-19-8-6-5-7-17(19)13-23)22(28)25-24-20(27)14-26(4)32(29,30)18-11-9-16(3)10-12-18/h5-12,15,21H,14H2,1-4H3,(H,24,27)(H,25,28). The van der Waals surface area contributed by atoms with Crippen LogP contribution in [0.15, 0.2) is 53.4 Å². The number of benzene rings is 2. The van der Waals surface area contributed by atoms with Crippen LogP contribution in [-0.4, -0.2) is 44.2 Å². The van der Waals surface area contributed by atoms with E-state index < -0.39 is 34.5 Å². The summed E-state index contributed by atoms with van der Waals surface area (Å²) in [5.41, 5.74) is 5.65. The van der Waals surface area contributed by atoms with Crippen molar-refractivity contribution in [2.45, 2.75) is 31.8 Å². The summed E-state index contributed by atoms with van der Waals surface area (Å²) in [4.78, 5) is 24.9. The fourth-order valence-corrected chi connectivity index (χ4v) is 3.84. The molecule has 10 heteroatoms. The van der Waals surface area contributed by atoms with E-state index in [1.54, 1.807) is 50.2 Å². The van der Waals surface area contributed by atoms with Gasteiger partial charge in [-0.2, -0.15) is 9.57 Å². The highest BCUT2D eigenvalue weighted by atomic mass is 32.2. The minimum absolute atomic E-state index is 0.0619. The Kier molecular flexibility index (Phi) is 8.34. The first-order valence-electron chi connectivity index (χ1n) is 9.83. The molecule has 0 bridgehead atoms. The second-order valence-electron chi connectivity index (χ2n) is 7.50. The quantitative estimate of drug-likeness (QED) is 0.580. The third-order valence-corrected chi connectivity index (χ3v) is 6.36. The minimum atomic E-state index is -3.86. The van der Waals surface area contributed by atoms with E-state index >= 15 is 0 Å². The van der Waals surface area contributed by atoms with E-state index in [2.05, 4.69) is 10.9 Å². The molecule has 0 aliphatic carbocycles. The molecule has 1 atom stereocenters. The number of nitriles is 1. The van der Waals surface area contributed by atoms with E-state index in [-0.39, 0.29) is 22.1 Å². The Morgan fingerprint density at radius 3 is 2.31 bits per heavy atom. The molecule has 0 heterocycles. The Morgan fingerprint density at radius 1 is 1.09 bits per heavy atom. The van der Waals surface area contributed by atoms with Crippen molar-refractivity contribution in [3.63, 3.8) is 0 Å². The largest absolute Gasteiger partial charge is 0.479 e. The molecule has 0 spiro atoms. The van der Waals surface area contributed by atoms with Crippen LogP contribution in [0.25, 0.3) is 0 Å². The molecule has 0 fully saturated rings. The van der Waals surface area contributed by atoms with Crippen LogP contribution < -0.4 is 15.6 Å². The summed E-state index contributed by atoms with van der Waals surface area (Å²) in [5.74, 6) is -1.39. The third kappa shape index (κ3) is 6.29. The summed E-state index contributed by atoms with van der Waals surface area (Å²) in [6.45, 7) is 4.84. The number of hydrogen-bond acceptors (Lipinski definition) is 6. The molecule has 2 N–H and O–H groups in total. The number of hydrazine groups is 1. The number of sulfonamides is 1. The van der Waals surface area contributed by atoms with Crippen LogP contribution in [0.1, 0.15) is 25.0 Å². The maximum Gasteiger partial charge on any atom is 0.279 e. The summed E-state index contributed by atoms with van der Waals surface area (Å²) in [7, 11) is -2.59. The SMILES string of the molecule is Cc1ccc(S(=O)(=O)N(C)CC(=O)NNC(=O)C(Oc2ccccc2C#N)C(C)C)cc1. The summed E-state index contributed by atoms with van der Waals surface area (Å²) in [5, 5.41) is 9.19. The first-order valence-corrected chi connectivity index (χ1v) is 11.3. The van der Waals surface area contributed by atoms with Gasteiger partial charge in [0.05, 0.1) is 17.0 Å². The van der Waals surface area contributed by atoms with Gasteiger partial charge in [-0.15, -0.1) is 0 Å². The number of aryl methyl sites for hydroxylation is 1.